The normalized spacial score (nSPS) is 11.7. The van der Waals surface area contributed by atoms with E-state index in [1.54, 1.807) is 12.1 Å². The van der Waals surface area contributed by atoms with Gasteiger partial charge >= 0.3 is 5.97 Å². The Hall–Kier alpha value is -1.71. The van der Waals surface area contributed by atoms with Crippen molar-refractivity contribution >= 4 is 39.3 Å². The van der Waals surface area contributed by atoms with E-state index in [2.05, 4.69) is 10.0 Å². The maximum atomic E-state index is 11.7. The fourth-order valence-corrected chi connectivity index (χ4v) is 2.52. The molecule has 0 spiro atoms. The highest BCUT2D eigenvalue weighted by atomic mass is 32.2. The van der Waals surface area contributed by atoms with Gasteiger partial charge in [-0.25, -0.2) is 17.9 Å². The van der Waals surface area contributed by atoms with Crippen molar-refractivity contribution in [3.8, 4) is 0 Å². The molecule has 0 aliphatic rings. The molecule has 3 N–H and O–H groups in total. The fraction of sp³-hybridized carbons (Fsp3) is 0.273. The maximum Gasteiger partial charge on any atom is 0.328 e. The van der Waals surface area contributed by atoms with E-state index in [4.69, 9.17) is 5.11 Å². The summed E-state index contributed by atoms with van der Waals surface area (Å²) < 4.78 is 23.8. The molecule has 0 bridgehead atoms. The molecule has 1 aromatic heterocycles. The average molecular weight is 318 g/mol. The summed E-state index contributed by atoms with van der Waals surface area (Å²) in [7, 11) is -3.26. The summed E-state index contributed by atoms with van der Waals surface area (Å²) in [4.78, 5) is 23.1. The van der Waals surface area contributed by atoms with E-state index in [-0.39, 0.29) is 19.0 Å². The molecule has 0 radical (unpaired) electrons. The fourth-order valence-electron chi connectivity index (χ4n) is 1.22. The molecule has 1 rings (SSSR count). The molecule has 0 aliphatic carbocycles. The van der Waals surface area contributed by atoms with E-state index in [9.17, 15) is 18.0 Å². The lowest BCUT2D eigenvalue weighted by Gasteiger charge is -2.03. The highest BCUT2D eigenvalue weighted by Crippen LogP contribution is 2.17. The molecule has 110 valence electrons. The minimum absolute atomic E-state index is 0.113. The number of carbonyl (C=O) groups excluding carboxylic acids is 1. The van der Waals surface area contributed by atoms with Gasteiger partial charge in [0.05, 0.1) is 11.1 Å². The van der Waals surface area contributed by atoms with E-state index in [0.717, 1.165) is 23.7 Å². The Morgan fingerprint density at radius 3 is 2.65 bits per heavy atom. The SMILES string of the molecule is CS(=O)(=O)NCCNC(=O)c1ccc(C=CC(=O)O)s1. The molecule has 1 amide bonds. The molecular formula is C11H14N2O5S2. The van der Waals surface area contributed by atoms with Gasteiger partial charge < -0.3 is 10.4 Å². The topological polar surface area (TPSA) is 113 Å². The van der Waals surface area contributed by atoms with Crippen LogP contribution in [0.15, 0.2) is 18.2 Å². The van der Waals surface area contributed by atoms with Crippen LogP contribution in [0, 0.1) is 0 Å². The Morgan fingerprint density at radius 1 is 1.35 bits per heavy atom. The zero-order valence-corrected chi connectivity index (χ0v) is 12.3. The van der Waals surface area contributed by atoms with Gasteiger partial charge in [-0.3, -0.25) is 4.79 Å². The van der Waals surface area contributed by atoms with Crippen molar-refractivity contribution in [1.29, 1.82) is 0 Å². The van der Waals surface area contributed by atoms with Gasteiger partial charge in [0, 0.05) is 24.0 Å². The maximum absolute atomic E-state index is 11.7. The Kier molecular flexibility index (Phi) is 5.86. The number of rotatable bonds is 7. The first-order valence-corrected chi connectivity index (χ1v) is 8.22. The van der Waals surface area contributed by atoms with Crippen LogP contribution in [0.3, 0.4) is 0 Å². The van der Waals surface area contributed by atoms with Crippen LogP contribution in [-0.4, -0.2) is 44.7 Å². The van der Waals surface area contributed by atoms with Gasteiger partial charge in [0.15, 0.2) is 0 Å². The Balaban J connectivity index is 2.46. The number of carboxylic acids is 1. The molecule has 1 aromatic rings. The van der Waals surface area contributed by atoms with Crippen LogP contribution in [-0.2, 0) is 14.8 Å². The minimum Gasteiger partial charge on any atom is -0.478 e. The van der Waals surface area contributed by atoms with Crippen LogP contribution in [0.1, 0.15) is 14.5 Å². The molecular weight excluding hydrogens is 304 g/mol. The van der Waals surface area contributed by atoms with Gasteiger partial charge in [-0.1, -0.05) is 0 Å². The minimum atomic E-state index is -3.26. The van der Waals surface area contributed by atoms with E-state index >= 15 is 0 Å². The largest absolute Gasteiger partial charge is 0.478 e. The molecule has 0 saturated carbocycles. The number of aliphatic carboxylic acids is 1. The van der Waals surface area contributed by atoms with Crippen molar-refractivity contribution in [2.75, 3.05) is 19.3 Å². The van der Waals surface area contributed by atoms with Gasteiger partial charge in [0.2, 0.25) is 10.0 Å². The third kappa shape index (κ3) is 6.45. The molecule has 1 heterocycles. The number of hydrogen-bond acceptors (Lipinski definition) is 5. The van der Waals surface area contributed by atoms with E-state index < -0.39 is 16.0 Å². The van der Waals surface area contributed by atoms with Gasteiger partial charge in [-0.2, -0.15) is 0 Å². The summed E-state index contributed by atoms with van der Waals surface area (Å²) in [6.07, 6.45) is 3.42. The van der Waals surface area contributed by atoms with E-state index in [1.165, 1.54) is 6.08 Å². The lowest BCUT2D eigenvalue weighted by Crippen LogP contribution is -2.33. The highest BCUT2D eigenvalue weighted by molar-refractivity contribution is 7.88. The number of sulfonamides is 1. The zero-order chi connectivity index (χ0) is 15.2. The van der Waals surface area contributed by atoms with Crippen molar-refractivity contribution in [3.05, 3.63) is 28.0 Å². The lowest BCUT2D eigenvalue weighted by molar-refractivity contribution is -0.131. The number of carbonyl (C=O) groups is 2. The Morgan fingerprint density at radius 2 is 2.05 bits per heavy atom. The van der Waals surface area contributed by atoms with Gasteiger partial charge in [0.25, 0.3) is 5.91 Å². The van der Waals surface area contributed by atoms with Gasteiger partial charge in [-0.05, 0) is 18.2 Å². The number of carboxylic acid groups (broad SMARTS) is 1. The summed E-state index contributed by atoms with van der Waals surface area (Å²) in [5.74, 6) is -1.39. The second-order valence-electron chi connectivity index (χ2n) is 3.80. The van der Waals surface area contributed by atoms with Crippen molar-refractivity contribution in [2.45, 2.75) is 0 Å². The highest BCUT2D eigenvalue weighted by Gasteiger charge is 2.08. The predicted molar refractivity (Wildman–Crippen MR) is 76.2 cm³/mol. The zero-order valence-electron chi connectivity index (χ0n) is 10.6. The van der Waals surface area contributed by atoms with Crippen molar-refractivity contribution < 1.29 is 23.1 Å². The Bertz CT molecular complexity index is 619. The first-order chi connectivity index (χ1) is 9.28. The summed E-state index contributed by atoms with van der Waals surface area (Å²) in [5, 5.41) is 11.0. The third-order valence-electron chi connectivity index (χ3n) is 2.02. The molecule has 7 nitrogen and oxygen atoms in total. The van der Waals surface area contributed by atoms with Crippen molar-refractivity contribution in [1.82, 2.24) is 10.0 Å². The molecule has 20 heavy (non-hydrogen) atoms. The molecule has 9 heteroatoms. The number of thiophene rings is 1. The third-order valence-corrected chi connectivity index (χ3v) is 3.79. The summed E-state index contributed by atoms with van der Waals surface area (Å²) in [6, 6.07) is 3.21. The molecule has 0 unspecified atom stereocenters. The summed E-state index contributed by atoms with van der Waals surface area (Å²) in [5.41, 5.74) is 0. The van der Waals surface area contributed by atoms with Crippen LogP contribution in [0.25, 0.3) is 6.08 Å². The second-order valence-corrected chi connectivity index (χ2v) is 6.74. The van der Waals surface area contributed by atoms with Crippen molar-refractivity contribution in [2.24, 2.45) is 0 Å². The molecule has 0 aliphatic heterocycles. The van der Waals surface area contributed by atoms with Gasteiger partial charge in [-0.15, -0.1) is 11.3 Å². The predicted octanol–water partition coefficient (Wildman–Crippen LogP) is 0.125. The number of hydrogen-bond donors (Lipinski definition) is 3. The van der Waals surface area contributed by atoms with Crippen LogP contribution in [0.4, 0.5) is 0 Å². The lowest BCUT2D eigenvalue weighted by atomic mass is 10.4. The number of nitrogens with one attached hydrogen (secondary N) is 2. The standard InChI is InChI=1S/C11H14N2O5S2/c1-20(17,18)13-7-6-12-11(16)9-4-2-8(19-9)3-5-10(14)15/h2-5,13H,6-7H2,1H3,(H,12,16)(H,14,15). The quantitative estimate of drug-likeness (QED) is 0.488. The van der Waals surface area contributed by atoms with Crippen LogP contribution >= 0.6 is 11.3 Å². The van der Waals surface area contributed by atoms with Crippen LogP contribution in [0.5, 0.6) is 0 Å². The monoisotopic (exact) mass is 318 g/mol. The Labute approximate surface area is 120 Å². The average Bonchev–Trinajstić information content (AvgIpc) is 2.79. The molecule has 0 atom stereocenters. The first-order valence-electron chi connectivity index (χ1n) is 5.51. The molecule has 0 aromatic carbocycles. The second kappa shape index (κ2) is 7.17. The first kappa shape index (κ1) is 16.3. The van der Waals surface area contributed by atoms with Crippen LogP contribution in [0.2, 0.25) is 0 Å². The van der Waals surface area contributed by atoms with Crippen molar-refractivity contribution in [3.63, 3.8) is 0 Å². The number of amides is 1. The van der Waals surface area contributed by atoms with Gasteiger partial charge in [0.1, 0.15) is 0 Å². The van der Waals surface area contributed by atoms with Crippen LogP contribution < -0.4 is 10.0 Å². The molecule has 0 saturated heterocycles. The van der Waals surface area contributed by atoms with E-state index in [0.29, 0.717) is 9.75 Å². The molecule has 0 fully saturated rings. The smallest absolute Gasteiger partial charge is 0.328 e. The summed E-state index contributed by atoms with van der Waals surface area (Å²) >= 11 is 1.15. The van der Waals surface area contributed by atoms with E-state index in [1.807, 2.05) is 0 Å². The summed E-state index contributed by atoms with van der Waals surface area (Å²) in [6.45, 7) is 0.284.